The maximum absolute atomic E-state index is 12.2. The van der Waals surface area contributed by atoms with Gasteiger partial charge in [0.05, 0.1) is 11.6 Å². The number of aryl methyl sites for hydroxylation is 1. The number of esters is 1. The average molecular weight is 349 g/mol. The minimum absolute atomic E-state index is 0.0302. The molecule has 26 heavy (non-hydrogen) atoms. The van der Waals surface area contributed by atoms with E-state index in [2.05, 4.69) is 21.6 Å². The summed E-state index contributed by atoms with van der Waals surface area (Å²) in [5, 5.41) is 10.4. The third-order valence-corrected chi connectivity index (χ3v) is 4.70. The number of amides is 1. The summed E-state index contributed by atoms with van der Waals surface area (Å²) in [7, 11) is 0. The van der Waals surface area contributed by atoms with Crippen molar-refractivity contribution in [3.8, 4) is 0 Å². The van der Waals surface area contributed by atoms with Crippen LogP contribution in [0.5, 0.6) is 0 Å². The molecule has 0 saturated heterocycles. The second-order valence-electron chi connectivity index (χ2n) is 6.41. The predicted molar refractivity (Wildman–Crippen MR) is 96.6 cm³/mol. The molecule has 2 N–H and O–H groups in total. The van der Waals surface area contributed by atoms with Crippen LogP contribution in [0.1, 0.15) is 40.5 Å². The Labute approximate surface area is 150 Å². The molecular formula is C20H19N3O3. The van der Waals surface area contributed by atoms with Crippen LogP contribution in [0.2, 0.25) is 0 Å². The molecule has 0 radical (unpaired) electrons. The van der Waals surface area contributed by atoms with Crippen LogP contribution in [0.3, 0.4) is 0 Å². The number of fused-ring (bicyclic) bond motifs is 2. The summed E-state index contributed by atoms with van der Waals surface area (Å²) in [6, 6.07) is 15.4. The number of para-hydroxylation sites is 1. The van der Waals surface area contributed by atoms with Gasteiger partial charge in [0.25, 0.3) is 5.91 Å². The fourth-order valence-electron chi connectivity index (χ4n) is 3.46. The van der Waals surface area contributed by atoms with E-state index in [9.17, 15) is 9.59 Å². The van der Waals surface area contributed by atoms with Crippen molar-refractivity contribution in [1.29, 1.82) is 0 Å². The van der Waals surface area contributed by atoms with E-state index in [0.29, 0.717) is 5.39 Å². The third kappa shape index (κ3) is 3.18. The highest BCUT2D eigenvalue weighted by atomic mass is 16.5. The lowest BCUT2D eigenvalue weighted by atomic mass is 9.88. The van der Waals surface area contributed by atoms with Gasteiger partial charge in [-0.25, -0.2) is 4.79 Å². The van der Waals surface area contributed by atoms with Gasteiger partial charge < -0.3 is 10.1 Å². The van der Waals surface area contributed by atoms with Crippen molar-refractivity contribution in [3.05, 3.63) is 65.4 Å². The molecule has 1 aromatic heterocycles. The zero-order valence-corrected chi connectivity index (χ0v) is 14.2. The number of H-pyrrole nitrogens is 1. The normalized spacial score (nSPS) is 16.1. The molecule has 6 heteroatoms. The largest absolute Gasteiger partial charge is 0.451 e. The number of aromatic amines is 1. The van der Waals surface area contributed by atoms with Crippen LogP contribution in [0.25, 0.3) is 10.9 Å². The van der Waals surface area contributed by atoms with Gasteiger partial charge in [0.15, 0.2) is 12.3 Å². The van der Waals surface area contributed by atoms with E-state index in [1.807, 2.05) is 36.4 Å². The van der Waals surface area contributed by atoms with Crippen molar-refractivity contribution in [1.82, 2.24) is 15.5 Å². The van der Waals surface area contributed by atoms with Crippen LogP contribution in [0.15, 0.2) is 48.5 Å². The van der Waals surface area contributed by atoms with Crippen molar-refractivity contribution in [2.45, 2.75) is 25.3 Å². The van der Waals surface area contributed by atoms with Crippen LogP contribution >= 0.6 is 0 Å². The Morgan fingerprint density at radius 1 is 1.15 bits per heavy atom. The van der Waals surface area contributed by atoms with Gasteiger partial charge in [0.2, 0.25) is 0 Å². The van der Waals surface area contributed by atoms with Gasteiger partial charge in [0, 0.05) is 5.39 Å². The molecular weight excluding hydrogens is 330 g/mol. The van der Waals surface area contributed by atoms with E-state index >= 15 is 0 Å². The van der Waals surface area contributed by atoms with Gasteiger partial charge >= 0.3 is 5.97 Å². The standard InChI is InChI=1S/C20H19N3O3/c24-18(21-16-11-5-7-13-6-1-2-8-14(13)16)12-26-20(25)19-15-9-3-4-10-17(15)22-23-19/h1-4,6,8-10,16H,5,7,11-12H2,(H,21,24)(H,22,23). The second kappa shape index (κ2) is 7.00. The lowest BCUT2D eigenvalue weighted by Gasteiger charge is -2.26. The maximum atomic E-state index is 12.2. The molecule has 1 unspecified atom stereocenters. The number of nitrogens with one attached hydrogen (secondary N) is 2. The van der Waals surface area contributed by atoms with E-state index < -0.39 is 5.97 Å². The number of hydrogen-bond acceptors (Lipinski definition) is 4. The van der Waals surface area contributed by atoms with E-state index in [-0.39, 0.29) is 24.2 Å². The Kier molecular flexibility index (Phi) is 4.39. The summed E-state index contributed by atoms with van der Waals surface area (Å²) in [4.78, 5) is 24.5. The molecule has 1 atom stereocenters. The number of carbonyl (C=O) groups is 2. The number of ether oxygens (including phenoxy) is 1. The number of nitrogens with zero attached hydrogens (tertiary/aromatic N) is 1. The number of aromatic nitrogens is 2. The molecule has 2 aromatic carbocycles. The summed E-state index contributed by atoms with van der Waals surface area (Å²) in [5.41, 5.74) is 3.36. The molecule has 132 valence electrons. The monoisotopic (exact) mass is 349 g/mol. The smallest absolute Gasteiger partial charge is 0.359 e. The fourth-order valence-corrected chi connectivity index (χ4v) is 3.46. The van der Waals surface area contributed by atoms with E-state index in [1.54, 1.807) is 6.07 Å². The quantitative estimate of drug-likeness (QED) is 0.709. The molecule has 1 aliphatic rings. The van der Waals surface area contributed by atoms with E-state index in [0.717, 1.165) is 30.3 Å². The molecule has 1 heterocycles. The number of rotatable bonds is 4. The first-order chi connectivity index (χ1) is 12.7. The van der Waals surface area contributed by atoms with E-state index in [4.69, 9.17) is 4.74 Å². The first kappa shape index (κ1) is 16.3. The molecule has 1 amide bonds. The topological polar surface area (TPSA) is 84.1 Å². The number of carbonyl (C=O) groups excluding carboxylic acids is 2. The zero-order chi connectivity index (χ0) is 17.9. The molecule has 1 aliphatic carbocycles. The lowest BCUT2D eigenvalue weighted by Crippen LogP contribution is -2.34. The third-order valence-electron chi connectivity index (χ3n) is 4.70. The van der Waals surface area contributed by atoms with E-state index in [1.165, 1.54) is 5.56 Å². The minimum atomic E-state index is -0.610. The summed E-state index contributed by atoms with van der Waals surface area (Å²) < 4.78 is 5.15. The highest BCUT2D eigenvalue weighted by molar-refractivity contribution is 6.02. The first-order valence-electron chi connectivity index (χ1n) is 8.70. The molecule has 0 aliphatic heterocycles. The number of hydrogen-bond donors (Lipinski definition) is 2. The van der Waals surface area contributed by atoms with Gasteiger partial charge in [-0.2, -0.15) is 5.10 Å². The molecule has 0 fully saturated rings. The Morgan fingerprint density at radius 2 is 1.96 bits per heavy atom. The predicted octanol–water partition coefficient (Wildman–Crippen LogP) is 2.91. The average Bonchev–Trinajstić information content (AvgIpc) is 3.11. The molecule has 0 saturated carbocycles. The Hall–Kier alpha value is -3.15. The van der Waals surface area contributed by atoms with Crippen molar-refractivity contribution in [3.63, 3.8) is 0 Å². The Bertz CT molecular complexity index is 964. The first-order valence-corrected chi connectivity index (χ1v) is 8.70. The summed E-state index contributed by atoms with van der Waals surface area (Å²) >= 11 is 0. The van der Waals surface area contributed by atoms with Crippen molar-refractivity contribution in [2.75, 3.05) is 6.61 Å². The zero-order valence-electron chi connectivity index (χ0n) is 14.2. The Balaban J connectivity index is 1.38. The van der Waals surface area contributed by atoms with Crippen LogP contribution in [-0.4, -0.2) is 28.7 Å². The highest BCUT2D eigenvalue weighted by Gasteiger charge is 2.22. The van der Waals surface area contributed by atoms with Crippen LogP contribution in [0.4, 0.5) is 0 Å². The minimum Gasteiger partial charge on any atom is -0.451 e. The molecule has 0 spiro atoms. The summed E-state index contributed by atoms with van der Waals surface area (Å²) in [6.45, 7) is -0.321. The van der Waals surface area contributed by atoms with Crippen LogP contribution < -0.4 is 5.32 Å². The SMILES string of the molecule is O=C(COC(=O)c1n[nH]c2ccccc12)NC1CCCc2ccccc21. The van der Waals surface area contributed by atoms with Crippen LogP contribution in [0, 0.1) is 0 Å². The van der Waals surface area contributed by atoms with Gasteiger partial charge in [-0.15, -0.1) is 0 Å². The van der Waals surface area contributed by atoms with Crippen molar-refractivity contribution in [2.24, 2.45) is 0 Å². The molecule has 3 aromatic rings. The molecule has 4 rings (SSSR count). The van der Waals surface area contributed by atoms with Gasteiger partial charge in [-0.3, -0.25) is 9.89 Å². The highest BCUT2D eigenvalue weighted by Crippen LogP contribution is 2.29. The summed E-state index contributed by atoms with van der Waals surface area (Å²) in [6.07, 6.45) is 2.95. The molecule has 0 bridgehead atoms. The van der Waals surface area contributed by atoms with Gasteiger partial charge in [-0.05, 0) is 36.5 Å². The van der Waals surface area contributed by atoms with Crippen LogP contribution in [-0.2, 0) is 16.0 Å². The van der Waals surface area contributed by atoms with Crippen molar-refractivity contribution < 1.29 is 14.3 Å². The molecule has 6 nitrogen and oxygen atoms in total. The second-order valence-corrected chi connectivity index (χ2v) is 6.41. The van der Waals surface area contributed by atoms with Gasteiger partial charge in [0.1, 0.15) is 0 Å². The van der Waals surface area contributed by atoms with Crippen molar-refractivity contribution >= 4 is 22.8 Å². The fraction of sp³-hybridized carbons (Fsp3) is 0.250. The Morgan fingerprint density at radius 3 is 2.88 bits per heavy atom. The maximum Gasteiger partial charge on any atom is 0.359 e. The van der Waals surface area contributed by atoms with Gasteiger partial charge in [-0.1, -0.05) is 42.5 Å². The lowest BCUT2D eigenvalue weighted by molar-refractivity contribution is -0.125. The number of benzene rings is 2. The summed E-state index contributed by atoms with van der Waals surface area (Å²) in [5.74, 6) is -0.915.